The molecule has 4 nitrogen and oxygen atoms in total. The number of aliphatic hydroxyl groups is 1. The van der Waals surface area contributed by atoms with E-state index in [1.165, 1.54) is 0 Å². The molecule has 18 heavy (non-hydrogen) atoms. The summed E-state index contributed by atoms with van der Waals surface area (Å²) < 4.78 is 11.1. The van der Waals surface area contributed by atoms with Crippen molar-refractivity contribution in [3.8, 4) is 5.75 Å². The highest BCUT2D eigenvalue weighted by molar-refractivity contribution is 5.25. The molecule has 2 atom stereocenters. The number of hydrogen-bond donors (Lipinski definition) is 1. The van der Waals surface area contributed by atoms with Crippen molar-refractivity contribution in [3.05, 3.63) is 24.0 Å². The van der Waals surface area contributed by atoms with Crippen LogP contribution in [0.2, 0.25) is 0 Å². The fourth-order valence-corrected chi connectivity index (χ4v) is 2.17. The number of aliphatic hydroxyl groups excluding tert-OH is 1. The van der Waals surface area contributed by atoms with E-state index >= 15 is 0 Å². The Kier molecular flexibility index (Phi) is 4.55. The van der Waals surface area contributed by atoms with E-state index in [0.29, 0.717) is 12.2 Å². The second-order valence-electron chi connectivity index (χ2n) is 5.01. The molecule has 0 radical (unpaired) electrons. The van der Waals surface area contributed by atoms with Crippen LogP contribution in [0.25, 0.3) is 0 Å². The maximum Gasteiger partial charge on any atom is 0.138 e. The Labute approximate surface area is 108 Å². The van der Waals surface area contributed by atoms with Gasteiger partial charge in [0.15, 0.2) is 0 Å². The van der Waals surface area contributed by atoms with E-state index in [9.17, 15) is 5.11 Å². The average Bonchev–Trinajstić information content (AvgIpc) is 2.81. The van der Waals surface area contributed by atoms with Crippen molar-refractivity contribution in [3.63, 3.8) is 0 Å². The molecule has 100 valence electrons. The van der Waals surface area contributed by atoms with Gasteiger partial charge in [0.25, 0.3) is 0 Å². The standard InChI is InChI=1S/C14H21NO3/c1-10(2)18-13-6-11(8-15-9-13)14(16)7-12-4-3-5-17-12/h6,8-10,12,14,16H,3-5,7H2,1-2H3. The lowest BCUT2D eigenvalue weighted by Gasteiger charge is -2.16. The molecule has 2 unspecified atom stereocenters. The minimum absolute atomic E-state index is 0.109. The first kappa shape index (κ1) is 13.3. The van der Waals surface area contributed by atoms with Crippen LogP contribution >= 0.6 is 0 Å². The predicted octanol–water partition coefficient (Wildman–Crippen LogP) is 2.47. The van der Waals surface area contributed by atoms with Gasteiger partial charge in [-0.25, -0.2) is 0 Å². The highest BCUT2D eigenvalue weighted by Gasteiger charge is 2.20. The monoisotopic (exact) mass is 251 g/mol. The molecule has 0 bridgehead atoms. The number of pyridine rings is 1. The van der Waals surface area contributed by atoms with Crippen molar-refractivity contribution in [2.75, 3.05) is 6.61 Å². The van der Waals surface area contributed by atoms with Crippen molar-refractivity contribution in [1.29, 1.82) is 0 Å². The third kappa shape index (κ3) is 3.68. The third-order valence-corrected chi connectivity index (χ3v) is 3.00. The van der Waals surface area contributed by atoms with Crippen LogP contribution in [0.15, 0.2) is 18.5 Å². The molecule has 2 rings (SSSR count). The summed E-state index contributed by atoms with van der Waals surface area (Å²) in [7, 11) is 0. The maximum absolute atomic E-state index is 10.2. The second kappa shape index (κ2) is 6.16. The van der Waals surface area contributed by atoms with Crippen LogP contribution < -0.4 is 4.74 Å². The molecule has 1 saturated heterocycles. The summed E-state index contributed by atoms with van der Waals surface area (Å²) in [6.07, 6.45) is 5.86. The van der Waals surface area contributed by atoms with Gasteiger partial charge in [-0.05, 0) is 32.8 Å². The van der Waals surface area contributed by atoms with Gasteiger partial charge >= 0.3 is 0 Å². The third-order valence-electron chi connectivity index (χ3n) is 3.00. The van der Waals surface area contributed by atoms with Crippen LogP contribution in [0.3, 0.4) is 0 Å². The SMILES string of the molecule is CC(C)Oc1cncc(C(O)CC2CCCO2)c1. The summed E-state index contributed by atoms with van der Waals surface area (Å²) in [5, 5.41) is 10.2. The average molecular weight is 251 g/mol. The molecule has 0 aliphatic carbocycles. The fraction of sp³-hybridized carbons (Fsp3) is 0.643. The molecule has 0 spiro atoms. The first-order valence-electron chi connectivity index (χ1n) is 6.56. The van der Waals surface area contributed by atoms with Crippen LogP contribution in [0.4, 0.5) is 0 Å². The van der Waals surface area contributed by atoms with Gasteiger partial charge in [-0.15, -0.1) is 0 Å². The number of rotatable bonds is 5. The number of aromatic nitrogens is 1. The molecule has 0 aromatic carbocycles. The first-order chi connectivity index (χ1) is 8.65. The Hall–Kier alpha value is -1.13. The second-order valence-corrected chi connectivity index (χ2v) is 5.01. The number of ether oxygens (including phenoxy) is 2. The molecule has 1 aromatic heterocycles. The van der Waals surface area contributed by atoms with Crippen molar-refractivity contribution < 1.29 is 14.6 Å². The summed E-state index contributed by atoms with van der Waals surface area (Å²) in [5.41, 5.74) is 0.795. The van der Waals surface area contributed by atoms with Crippen LogP contribution in [-0.2, 0) is 4.74 Å². The molecule has 4 heteroatoms. The van der Waals surface area contributed by atoms with Crippen molar-refractivity contribution >= 4 is 0 Å². The molecule has 1 fully saturated rings. The van der Waals surface area contributed by atoms with Gasteiger partial charge in [-0.3, -0.25) is 4.98 Å². The number of hydrogen-bond acceptors (Lipinski definition) is 4. The van der Waals surface area contributed by atoms with Gasteiger partial charge in [0, 0.05) is 24.8 Å². The Morgan fingerprint density at radius 1 is 1.50 bits per heavy atom. The Balaban J connectivity index is 1.98. The maximum atomic E-state index is 10.2. The quantitative estimate of drug-likeness (QED) is 0.873. The lowest BCUT2D eigenvalue weighted by molar-refractivity contribution is 0.0532. The van der Waals surface area contributed by atoms with Crippen LogP contribution in [0, 0.1) is 0 Å². The van der Waals surface area contributed by atoms with Crippen molar-refractivity contribution in [1.82, 2.24) is 4.98 Å². The highest BCUT2D eigenvalue weighted by Crippen LogP contribution is 2.26. The lowest BCUT2D eigenvalue weighted by Crippen LogP contribution is -2.12. The summed E-state index contributed by atoms with van der Waals surface area (Å²) in [5.74, 6) is 0.703. The smallest absolute Gasteiger partial charge is 0.138 e. The Morgan fingerprint density at radius 3 is 3.00 bits per heavy atom. The molecule has 2 heterocycles. The largest absolute Gasteiger partial charge is 0.489 e. The van der Waals surface area contributed by atoms with E-state index in [1.54, 1.807) is 12.4 Å². The molecule has 1 aromatic rings. The van der Waals surface area contributed by atoms with Gasteiger partial charge in [-0.2, -0.15) is 0 Å². The minimum Gasteiger partial charge on any atom is -0.489 e. The highest BCUT2D eigenvalue weighted by atomic mass is 16.5. The van der Waals surface area contributed by atoms with Crippen molar-refractivity contribution in [2.45, 2.75) is 51.4 Å². The van der Waals surface area contributed by atoms with E-state index in [2.05, 4.69) is 4.98 Å². The lowest BCUT2D eigenvalue weighted by atomic mass is 10.0. The zero-order valence-electron chi connectivity index (χ0n) is 11.0. The van der Waals surface area contributed by atoms with Crippen LogP contribution in [-0.4, -0.2) is 28.9 Å². The molecule has 1 N–H and O–H groups in total. The normalized spacial score (nSPS) is 21.2. The van der Waals surface area contributed by atoms with Gasteiger partial charge in [-0.1, -0.05) is 0 Å². The van der Waals surface area contributed by atoms with Crippen molar-refractivity contribution in [2.24, 2.45) is 0 Å². The Morgan fingerprint density at radius 2 is 2.33 bits per heavy atom. The van der Waals surface area contributed by atoms with E-state index < -0.39 is 6.10 Å². The predicted molar refractivity (Wildman–Crippen MR) is 68.6 cm³/mol. The summed E-state index contributed by atoms with van der Waals surface area (Å²) in [6.45, 7) is 4.75. The molecule has 0 saturated carbocycles. The summed E-state index contributed by atoms with van der Waals surface area (Å²) in [6, 6.07) is 1.85. The molecular weight excluding hydrogens is 230 g/mol. The zero-order chi connectivity index (χ0) is 13.0. The van der Waals surface area contributed by atoms with Gasteiger partial charge < -0.3 is 14.6 Å². The minimum atomic E-state index is -0.531. The van der Waals surface area contributed by atoms with Gasteiger partial charge in [0.2, 0.25) is 0 Å². The molecule has 0 amide bonds. The summed E-state index contributed by atoms with van der Waals surface area (Å²) in [4.78, 5) is 4.11. The topological polar surface area (TPSA) is 51.6 Å². The van der Waals surface area contributed by atoms with Gasteiger partial charge in [0.05, 0.1) is 24.5 Å². The van der Waals surface area contributed by atoms with Gasteiger partial charge in [0.1, 0.15) is 5.75 Å². The zero-order valence-corrected chi connectivity index (χ0v) is 11.0. The van der Waals surface area contributed by atoms with E-state index in [0.717, 1.165) is 25.0 Å². The van der Waals surface area contributed by atoms with E-state index in [-0.39, 0.29) is 12.2 Å². The molecule has 1 aliphatic rings. The first-order valence-corrected chi connectivity index (χ1v) is 6.56. The van der Waals surface area contributed by atoms with Crippen LogP contribution in [0.5, 0.6) is 5.75 Å². The van der Waals surface area contributed by atoms with E-state index in [4.69, 9.17) is 9.47 Å². The molecule has 1 aliphatic heterocycles. The summed E-state index contributed by atoms with van der Waals surface area (Å²) >= 11 is 0. The molecular formula is C14H21NO3. The Bertz CT molecular complexity index is 375. The van der Waals surface area contributed by atoms with E-state index in [1.807, 2.05) is 19.9 Å². The fourth-order valence-electron chi connectivity index (χ4n) is 2.17. The number of nitrogens with zero attached hydrogens (tertiary/aromatic N) is 1. The van der Waals surface area contributed by atoms with Crippen LogP contribution in [0.1, 0.15) is 44.8 Å².